The van der Waals surface area contributed by atoms with Crippen LogP contribution in [0.25, 0.3) is 0 Å². The molecule has 13 heavy (non-hydrogen) atoms. The van der Waals surface area contributed by atoms with E-state index in [1.807, 2.05) is 6.26 Å². The molecule has 0 saturated heterocycles. The van der Waals surface area contributed by atoms with Gasteiger partial charge in [0.2, 0.25) is 0 Å². The molecule has 0 aliphatic heterocycles. The van der Waals surface area contributed by atoms with Crippen molar-refractivity contribution in [1.29, 1.82) is 0 Å². The first-order valence-electron chi connectivity index (χ1n) is 3.77. The van der Waals surface area contributed by atoms with Gasteiger partial charge in [-0.25, -0.2) is 0 Å². The first-order valence-corrected chi connectivity index (χ1v) is 4.99. The molecule has 0 bridgehead atoms. The van der Waals surface area contributed by atoms with Crippen LogP contribution in [0.15, 0.2) is 23.1 Å². The SMILES string of the molecule is COc1cc(B(O)O)ccc1SC. The van der Waals surface area contributed by atoms with Gasteiger partial charge in [-0.2, -0.15) is 0 Å². The zero-order chi connectivity index (χ0) is 9.84. The van der Waals surface area contributed by atoms with E-state index in [-0.39, 0.29) is 0 Å². The van der Waals surface area contributed by atoms with E-state index in [9.17, 15) is 0 Å². The second-order valence-electron chi connectivity index (χ2n) is 2.49. The van der Waals surface area contributed by atoms with E-state index >= 15 is 0 Å². The van der Waals surface area contributed by atoms with Gasteiger partial charge in [-0.3, -0.25) is 0 Å². The van der Waals surface area contributed by atoms with Gasteiger partial charge in [-0.15, -0.1) is 11.8 Å². The Morgan fingerprint density at radius 1 is 1.38 bits per heavy atom. The standard InChI is InChI=1S/C8H11BO3S/c1-12-7-5-6(9(10)11)3-4-8(7)13-2/h3-5,10-11H,1-2H3. The Kier molecular flexibility index (Phi) is 3.65. The molecule has 0 fully saturated rings. The molecule has 0 radical (unpaired) electrons. The molecule has 1 aromatic carbocycles. The molecule has 0 unspecified atom stereocenters. The Morgan fingerprint density at radius 2 is 2.08 bits per heavy atom. The summed E-state index contributed by atoms with van der Waals surface area (Å²) in [4.78, 5) is 0.979. The van der Waals surface area contributed by atoms with Crippen molar-refractivity contribution in [2.24, 2.45) is 0 Å². The molecule has 0 saturated carbocycles. The molecule has 0 atom stereocenters. The van der Waals surface area contributed by atoms with Gasteiger partial charge < -0.3 is 14.8 Å². The molecule has 0 spiro atoms. The van der Waals surface area contributed by atoms with Gasteiger partial charge in [0, 0.05) is 4.90 Å². The number of hydrogen-bond acceptors (Lipinski definition) is 4. The summed E-state index contributed by atoms with van der Waals surface area (Å²) in [7, 11) is 0.118. The minimum absolute atomic E-state index is 0.439. The maximum atomic E-state index is 8.90. The largest absolute Gasteiger partial charge is 0.496 e. The molecular weight excluding hydrogens is 187 g/mol. The van der Waals surface area contributed by atoms with Crippen LogP contribution in [-0.4, -0.2) is 30.5 Å². The summed E-state index contributed by atoms with van der Waals surface area (Å²) in [6.07, 6.45) is 1.94. The summed E-state index contributed by atoms with van der Waals surface area (Å²) >= 11 is 1.55. The van der Waals surface area contributed by atoms with Crippen LogP contribution >= 0.6 is 11.8 Å². The predicted octanol–water partition coefficient (Wildman–Crippen LogP) is 0.0969. The molecule has 2 N–H and O–H groups in total. The average Bonchev–Trinajstić information content (AvgIpc) is 2.16. The smallest absolute Gasteiger partial charge is 0.488 e. The number of benzene rings is 1. The molecule has 0 heterocycles. The highest BCUT2D eigenvalue weighted by Crippen LogP contribution is 2.25. The third-order valence-corrected chi connectivity index (χ3v) is 2.48. The molecule has 1 aromatic rings. The number of ether oxygens (including phenoxy) is 1. The lowest BCUT2D eigenvalue weighted by atomic mass is 9.80. The van der Waals surface area contributed by atoms with E-state index < -0.39 is 7.12 Å². The van der Waals surface area contributed by atoms with Crippen molar-refractivity contribution < 1.29 is 14.8 Å². The fourth-order valence-electron chi connectivity index (χ4n) is 1.01. The summed E-state index contributed by atoms with van der Waals surface area (Å²) in [6.45, 7) is 0. The Balaban J connectivity index is 3.05. The molecular formula is C8H11BO3S. The zero-order valence-corrected chi connectivity index (χ0v) is 8.34. The monoisotopic (exact) mass is 198 g/mol. The van der Waals surface area contributed by atoms with Crippen LogP contribution in [0.1, 0.15) is 0 Å². The third-order valence-electron chi connectivity index (χ3n) is 1.71. The van der Waals surface area contributed by atoms with Gasteiger partial charge in [0.15, 0.2) is 0 Å². The number of thioether (sulfide) groups is 1. The molecule has 5 heteroatoms. The topological polar surface area (TPSA) is 49.7 Å². The van der Waals surface area contributed by atoms with Crippen LogP contribution in [0.2, 0.25) is 0 Å². The van der Waals surface area contributed by atoms with Crippen molar-refractivity contribution in [1.82, 2.24) is 0 Å². The minimum atomic E-state index is -1.44. The first-order chi connectivity index (χ1) is 6.19. The van der Waals surface area contributed by atoms with E-state index in [1.54, 1.807) is 37.1 Å². The van der Waals surface area contributed by atoms with Gasteiger partial charge in [0.25, 0.3) is 0 Å². The fraction of sp³-hybridized carbons (Fsp3) is 0.250. The highest BCUT2D eigenvalue weighted by molar-refractivity contribution is 7.98. The number of hydrogen-bond donors (Lipinski definition) is 2. The van der Waals surface area contributed by atoms with Crippen LogP contribution < -0.4 is 10.2 Å². The van der Waals surface area contributed by atoms with Gasteiger partial charge in [-0.05, 0) is 23.9 Å². The fourth-order valence-corrected chi connectivity index (χ4v) is 1.56. The van der Waals surface area contributed by atoms with Gasteiger partial charge in [-0.1, -0.05) is 6.07 Å². The summed E-state index contributed by atoms with van der Waals surface area (Å²) in [5, 5.41) is 17.8. The van der Waals surface area contributed by atoms with Crippen molar-refractivity contribution in [3.63, 3.8) is 0 Å². The maximum Gasteiger partial charge on any atom is 0.488 e. The highest BCUT2D eigenvalue weighted by Gasteiger charge is 2.13. The van der Waals surface area contributed by atoms with Crippen molar-refractivity contribution in [2.75, 3.05) is 13.4 Å². The van der Waals surface area contributed by atoms with Crippen molar-refractivity contribution in [2.45, 2.75) is 4.90 Å². The Hall–Kier alpha value is -0.645. The van der Waals surface area contributed by atoms with Gasteiger partial charge >= 0.3 is 7.12 Å². The Bertz CT molecular complexity index is 291. The summed E-state index contributed by atoms with van der Waals surface area (Å²) in [5.74, 6) is 0.665. The van der Waals surface area contributed by atoms with Crippen LogP contribution in [0, 0.1) is 0 Å². The number of methoxy groups -OCH3 is 1. The van der Waals surface area contributed by atoms with Crippen LogP contribution in [0.3, 0.4) is 0 Å². The second-order valence-corrected chi connectivity index (χ2v) is 3.34. The zero-order valence-electron chi connectivity index (χ0n) is 7.52. The van der Waals surface area contributed by atoms with E-state index in [2.05, 4.69) is 0 Å². The number of rotatable bonds is 3. The van der Waals surface area contributed by atoms with Gasteiger partial charge in [0.05, 0.1) is 7.11 Å². The third kappa shape index (κ3) is 2.40. The quantitative estimate of drug-likeness (QED) is 0.534. The molecule has 1 rings (SSSR count). The summed E-state index contributed by atoms with van der Waals surface area (Å²) in [5.41, 5.74) is 0.439. The molecule has 3 nitrogen and oxygen atoms in total. The van der Waals surface area contributed by atoms with Crippen LogP contribution in [0.4, 0.5) is 0 Å². The van der Waals surface area contributed by atoms with Crippen LogP contribution in [0.5, 0.6) is 5.75 Å². The first kappa shape index (κ1) is 10.4. The van der Waals surface area contributed by atoms with E-state index in [1.165, 1.54) is 0 Å². The van der Waals surface area contributed by atoms with Crippen molar-refractivity contribution >= 4 is 24.3 Å². The van der Waals surface area contributed by atoms with Crippen LogP contribution in [-0.2, 0) is 0 Å². The Labute approximate surface area is 81.9 Å². The predicted molar refractivity (Wildman–Crippen MR) is 54.6 cm³/mol. The average molecular weight is 198 g/mol. The lowest BCUT2D eigenvalue weighted by Gasteiger charge is -2.07. The molecule has 0 aliphatic carbocycles. The van der Waals surface area contributed by atoms with Crippen molar-refractivity contribution in [3.05, 3.63) is 18.2 Å². The van der Waals surface area contributed by atoms with Crippen molar-refractivity contribution in [3.8, 4) is 5.75 Å². The molecule has 70 valence electrons. The lowest BCUT2D eigenvalue weighted by molar-refractivity contribution is 0.403. The van der Waals surface area contributed by atoms with E-state index in [4.69, 9.17) is 14.8 Å². The van der Waals surface area contributed by atoms with E-state index in [0.29, 0.717) is 11.2 Å². The summed E-state index contributed by atoms with van der Waals surface area (Å²) in [6, 6.07) is 5.09. The molecule has 0 aliphatic rings. The lowest BCUT2D eigenvalue weighted by Crippen LogP contribution is -2.29. The van der Waals surface area contributed by atoms with E-state index in [0.717, 1.165) is 4.90 Å². The molecule has 0 aromatic heterocycles. The second kappa shape index (κ2) is 4.55. The minimum Gasteiger partial charge on any atom is -0.496 e. The Morgan fingerprint density at radius 3 is 2.54 bits per heavy atom. The molecule has 0 amide bonds. The van der Waals surface area contributed by atoms with Gasteiger partial charge in [0.1, 0.15) is 5.75 Å². The summed E-state index contributed by atoms with van der Waals surface area (Å²) < 4.78 is 5.08. The maximum absolute atomic E-state index is 8.90. The highest BCUT2D eigenvalue weighted by atomic mass is 32.2. The normalized spacial score (nSPS) is 9.85.